The molecule has 0 nitrogen and oxygen atoms in total. The van der Waals surface area contributed by atoms with E-state index in [1.807, 2.05) is 0 Å². The zero-order valence-corrected chi connectivity index (χ0v) is 39.4. The maximum atomic E-state index is 4.93. The summed E-state index contributed by atoms with van der Waals surface area (Å²) in [6.45, 7) is 31.4. The Bertz CT molecular complexity index is 1090. The van der Waals surface area contributed by atoms with Gasteiger partial charge in [0.15, 0.2) is 0 Å². The molecule has 4 aliphatic carbocycles. The van der Waals surface area contributed by atoms with Crippen molar-refractivity contribution in [3.8, 4) is 0 Å². The topological polar surface area (TPSA) is 0 Å². The standard InChI is InChI=1S/C40H70Si2.2CH3.2ClH.Zr/c1-13-14-16-28-19-20-33(22-28)41(9,10)42(11,12)38-27(2)21-35-36(38)25-29-17-15-18-34(29)37(35)30-23-31(39(3,4)5)26-32(24-30)40(6,7)8;;;;;/h23-24,26-29,33-38H,13-22,25H2,1-12H3;2*1H3;2*1H;/q;2*-1;;;+4/p-2. The molecule has 0 radical (unpaired) electrons. The van der Waals surface area contributed by atoms with E-state index in [2.05, 4.69) is 99.8 Å². The maximum absolute atomic E-state index is 4.93. The number of hydrogen-bond donors (Lipinski definition) is 0. The molecule has 270 valence electrons. The van der Waals surface area contributed by atoms with E-state index in [0.29, 0.717) is 0 Å². The fourth-order valence-corrected chi connectivity index (χ4v) is 26.3. The third kappa shape index (κ3) is 9.38. The monoisotopic (exact) mass is 796 g/mol. The van der Waals surface area contributed by atoms with Crippen LogP contribution in [0.5, 0.6) is 0 Å². The predicted octanol–water partition coefficient (Wildman–Crippen LogP) is 15.0. The van der Waals surface area contributed by atoms with Gasteiger partial charge in [0.05, 0.1) is 0 Å². The Balaban J connectivity index is 0.00000148. The van der Waals surface area contributed by atoms with Crippen LogP contribution in [0.1, 0.15) is 149 Å². The molecular formula is C42H76Cl2Si2Zr. The first-order chi connectivity index (χ1) is 20.9. The Hall–Kier alpha value is 1.12. The second-order valence-corrected chi connectivity index (χ2v) is 39.4. The summed E-state index contributed by atoms with van der Waals surface area (Å²) in [5.74, 6) is 6.61. The molecule has 0 aromatic heterocycles. The molecule has 4 aliphatic rings. The minimum atomic E-state index is -1.41. The Morgan fingerprint density at radius 1 is 0.745 bits per heavy atom. The number of fused-ring (bicyclic) bond motifs is 2. The Kier molecular flexibility index (Phi) is 16.3. The van der Waals surface area contributed by atoms with Crippen LogP contribution in [0.15, 0.2) is 18.2 Å². The molecule has 4 fully saturated rings. The van der Waals surface area contributed by atoms with Crippen LogP contribution in [-0.2, 0) is 31.7 Å². The van der Waals surface area contributed by atoms with E-state index in [0.717, 1.165) is 52.5 Å². The van der Waals surface area contributed by atoms with Crippen molar-refractivity contribution in [2.45, 2.75) is 180 Å². The summed E-state index contributed by atoms with van der Waals surface area (Å²) in [4.78, 5) is 0. The molecular weight excluding hydrogens is 723 g/mol. The summed E-state index contributed by atoms with van der Waals surface area (Å²) in [5, 5.41) is 0. The van der Waals surface area contributed by atoms with E-state index in [4.69, 9.17) is 17.0 Å². The molecule has 0 aliphatic heterocycles. The molecule has 1 aromatic carbocycles. The van der Waals surface area contributed by atoms with Crippen molar-refractivity contribution in [2.24, 2.45) is 35.5 Å². The van der Waals surface area contributed by atoms with E-state index >= 15 is 0 Å². The first-order valence-corrected chi connectivity index (χ1v) is 32.5. The summed E-state index contributed by atoms with van der Waals surface area (Å²) in [6, 6.07) is 7.99. The molecule has 0 bridgehead atoms. The van der Waals surface area contributed by atoms with Crippen LogP contribution in [0.25, 0.3) is 0 Å². The Morgan fingerprint density at radius 3 is 1.85 bits per heavy atom. The van der Waals surface area contributed by atoms with Crippen LogP contribution >= 0.6 is 17.0 Å². The summed E-state index contributed by atoms with van der Waals surface area (Å²) >= 11 is -0.826. The number of rotatable bonds is 7. The van der Waals surface area contributed by atoms with Crippen LogP contribution < -0.4 is 0 Å². The van der Waals surface area contributed by atoms with Gasteiger partial charge >= 0.3 is 37.9 Å². The van der Waals surface area contributed by atoms with E-state index < -0.39 is 36.0 Å². The van der Waals surface area contributed by atoms with Crippen LogP contribution in [0.4, 0.5) is 0 Å². The number of halogens is 2. The average molecular weight is 799 g/mol. The van der Waals surface area contributed by atoms with Crippen molar-refractivity contribution in [3.63, 3.8) is 0 Å². The normalized spacial score (nSPS) is 32.3. The Morgan fingerprint density at radius 2 is 1.32 bits per heavy atom. The predicted molar refractivity (Wildman–Crippen MR) is 217 cm³/mol. The molecule has 47 heavy (non-hydrogen) atoms. The SMILES string of the molecule is CCCCC1CCC([Si](C)(C)[Si](C)(C)C2C(C)CC3C2CC2CCCC2C3c2cc(C(C)(C)C)cc(C(C)(C)C)c2)C1.[CH3-].[CH3-].[Cl][Zr+2][Cl]. The molecule has 0 N–H and O–H groups in total. The minimum absolute atomic E-state index is 0. The summed E-state index contributed by atoms with van der Waals surface area (Å²) in [7, 11) is 7.13. The van der Waals surface area contributed by atoms with Crippen LogP contribution in [-0.4, -0.2) is 15.2 Å². The van der Waals surface area contributed by atoms with Crippen molar-refractivity contribution in [1.82, 2.24) is 0 Å². The number of benzene rings is 1. The van der Waals surface area contributed by atoms with E-state index in [1.54, 1.807) is 42.4 Å². The molecule has 5 rings (SSSR count). The molecule has 1 aromatic rings. The Labute approximate surface area is 316 Å². The van der Waals surface area contributed by atoms with Gasteiger partial charge in [0.1, 0.15) is 0 Å². The molecule has 5 heteroatoms. The second kappa shape index (κ2) is 17.3. The fourth-order valence-electron chi connectivity index (χ4n) is 11.6. The van der Waals surface area contributed by atoms with Crippen LogP contribution in [0.2, 0.25) is 37.3 Å². The molecule has 9 unspecified atom stereocenters. The third-order valence-corrected chi connectivity index (χ3v) is 35.3. The van der Waals surface area contributed by atoms with Crippen LogP contribution in [0.3, 0.4) is 0 Å². The summed E-state index contributed by atoms with van der Waals surface area (Å²) in [6.07, 6.45) is 16.6. The summed E-state index contributed by atoms with van der Waals surface area (Å²) in [5.41, 5.74) is 7.45. The van der Waals surface area contributed by atoms with Gasteiger partial charge in [-0.05, 0) is 99.3 Å². The average Bonchev–Trinajstić information content (AvgIpc) is 3.68. The van der Waals surface area contributed by atoms with E-state index in [-0.39, 0.29) is 25.7 Å². The van der Waals surface area contributed by atoms with Gasteiger partial charge in [0.25, 0.3) is 0 Å². The quantitative estimate of drug-likeness (QED) is 0.190. The van der Waals surface area contributed by atoms with Gasteiger partial charge in [-0.2, -0.15) is 0 Å². The molecule has 0 heterocycles. The van der Waals surface area contributed by atoms with Crippen molar-refractivity contribution in [2.75, 3.05) is 0 Å². The fraction of sp³-hybridized carbons (Fsp3) is 0.810. The zero-order valence-electron chi connectivity index (χ0n) is 33.5. The second-order valence-electron chi connectivity index (χ2n) is 19.6. The third-order valence-electron chi connectivity index (χ3n) is 14.6. The van der Waals surface area contributed by atoms with E-state index in [9.17, 15) is 0 Å². The van der Waals surface area contributed by atoms with Crippen LogP contribution in [0, 0.1) is 50.4 Å². The molecule has 9 atom stereocenters. The van der Waals surface area contributed by atoms with Gasteiger partial charge in [0.2, 0.25) is 0 Å². The molecule has 0 amide bonds. The van der Waals surface area contributed by atoms with Gasteiger partial charge < -0.3 is 14.9 Å². The van der Waals surface area contributed by atoms with Gasteiger partial charge in [-0.25, -0.2) is 0 Å². The molecule has 4 saturated carbocycles. The van der Waals surface area contributed by atoms with Gasteiger partial charge in [-0.15, -0.1) is 0 Å². The summed E-state index contributed by atoms with van der Waals surface area (Å²) < 4.78 is 0. The van der Waals surface area contributed by atoms with Crippen molar-refractivity contribution < 1.29 is 20.8 Å². The molecule has 0 saturated heterocycles. The van der Waals surface area contributed by atoms with Gasteiger partial charge in [-0.1, -0.05) is 151 Å². The number of unbranched alkanes of at least 4 members (excludes halogenated alkanes) is 1. The zero-order chi connectivity index (χ0) is 33.5. The first-order valence-electron chi connectivity index (χ1n) is 19.0. The first kappa shape index (κ1) is 44.3. The van der Waals surface area contributed by atoms with Crippen molar-refractivity contribution in [1.29, 1.82) is 0 Å². The van der Waals surface area contributed by atoms with Gasteiger partial charge in [0, 0.05) is 15.2 Å². The van der Waals surface area contributed by atoms with Crippen molar-refractivity contribution in [3.05, 3.63) is 49.7 Å². The molecule has 0 spiro atoms. The van der Waals surface area contributed by atoms with Gasteiger partial charge in [-0.3, -0.25) is 0 Å². The van der Waals surface area contributed by atoms with Crippen molar-refractivity contribution >= 4 is 32.2 Å². The van der Waals surface area contributed by atoms with E-state index in [1.165, 1.54) is 44.9 Å². The number of hydrogen-bond acceptors (Lipinski definition) is 0.